The van der Waals surface area contributed by atoms with Crippen molar-refractivity contribution in [1.29, 1.82) is 0 Å². The highest BCUT2D eigenvalue weighted by molar-refractivity contribution is 14.1. The molecule has 0 saturated carbocycles. The molecular weight excluding hydrogens is 463 g/mol. The fourth-order valence-corrected chi connectivity index (χ4v) is 4.14. The van der Waals surface area contributed by atoms with Gasteiger partial charge in [-0.05, 0) is 65.6 Å². The number of carbonyl (C=O) groups excluding carboxylic acids is 2. The summed E-state index contributed by atoms with van der Waals surface area (Å²) in [5.74, 6) is -0.260. The van der Waals surface area contributed by atoms with Gasteiger partial charge in [0.1, 0.15) is 0 Å². The van der Waals surface area contributed by atoms with Crippen LogP contribution in [0.25, 0.3) is 0 Å². The van der Waals surface area contributed by atoms with Gasteiger partial charge in [-0.25, -0.2) is 0 Å². The monoisotopic (exact) mass is 482 g/mol. The molecule has 1 N–H and O–H groups in total. The number of nitrogens with one attached hydrogen (secondary N) is 1. The van der Waals surface area contributed by atoms with Crippen LogP contribution >= 0.6 is 34.2 Å². The molecule has 1 atom stereocenters. The van der Waals surface area contributed by atoms with E-state index in [1.54, 1.807) is 6.07 Å². The van der Waals surface area contributed by atoms with E-state index in [4.69, 9.17) is 11.6 Å². The van der Waals surface area contributed by atoms with Crippen LogP contribution in [0.2, 0.25) is 5.02 Å². The van der Waals surface area contributed by atoms with Crippen molar-refractivity contribution in [1.82, 2.24) is 10.2 Å². The Morgan fingerprint density at radius 3 is 2.65 bits per heavy atom. The van der Waals surface area contributed by atoms with Gasteiger partial charge in [0.2, 0.25) is 5.91 Å². The van der Waals surface area contributed by atoms with Crippen LogP contribution in [-0.4, -0.2) is 35.8 Å². The minimum Gasteiger partial charge on any atom is -0.343 e. The zero-order valence-electron chi connectivity index (χ0n) is 14.3. The third-order valence-corrected chi connectivity index (χ3v) is 5.94. The lowest BCUT2D eigenvalue weighted by molar-refractivity contribution is -0.130. The van der Waals surface area contributed by atoms with Gasteiger partial charge in [-0.3, -0.25) is 9.59 Å². The van der Waals surface area contributed by atoms with Crippen molar-refractivity contribution in [2.75, 3.05) is 13.1 Å². The Morgan fingerprint density at radius 1 is 1.15 bits per heavy atom. The summed E-state index contributed by atoms with van der Waals surface area (Å²) in [5.41, 5.74) is 1.65. The predicted octanol–water partition coefficient (Wildman–Crippen LogP) is 3.91. The molecule has 0 spiro atoms. The highest BCUT2D eigenvalue weighted by Gasteiger charge is 2.29. The van der Waals surface area contributed by atoms with E-state index in [1.807, 2.05) is 47.4 Å². The van der Waals surface area contributed by atoms with Gasteiger partial charge >= 0.3 is 0 Å². The smallest absolute Gasteiger partial charge is 0.252 e. The summed E-state index contributed by atoms with van der Waals surface area (Å²) in [4.78, 5) is 26.8. The van der Waals surface area contributed by atoms with Gasteiger partial charge in [-0.15, -0.1) is 0 Å². The SMILES string of the molecule is O=C(NCC(=O)N1CCCC1Cc1ccccc1Cl)c1ccccc1I. The standard InChI is InChI=1S/C20H20ClIN2O2/c21-17-9-3-1-6-14(17)12-15-7-5-11-24(15)19(25)13-23-20(26)16-8-2-4-10-18(16)22/h1-4,6,8-10,15H,5,7,11-13H2,(H,23,26). The number of benzene rings is 2. The Balaban J connectivity index is 1.59. The van der Waals surface area contributed by atoms with Gasteiger partial charge in [0.05, 0.1) is 12.1 Å². The fourth-order valence-electron chi connectivity index (χ4n) is 3.29. The van der Waals surface area contributed by atoms with E-state index in [-0.39, 0.29) is 24.4 Å². The first-order valence-electron chi connectivity index (χ1n) is 8.62. The number of amides is 2. The highest BCUT2D eigenvalue weighted by atomic mass is 127. The minimum atomic E-state index is -0.217. The molecule has 0 aromatic heterocycles. The highest BCUT2D eigenvalue weighted by Crippen LogP contribution is 2.24. The average Bonchev–Trinajstić information content (AvgIpc) is 3.10. The van der Waals surface area contributed by atoms with E-state index < -0.39 is 0 Å². The van der Waals surface area contributed by atoms with Gasteiger partial charge in [0, 0.05) is 21.2 Å². The molecular formula is C20H20ClIN2O2. The Bertz CT molecular complexity index is 812. The van der Waals surface area contributed by atoms with Crippen molar-refractivity contribution in [2.45, 2.75) is 25.3 Å². The Labute approximate surface area is 172 Å². The molecule has 136 valence electrons. The van der Waals surface area contributed by atoms with Crippen LogP contribution in [0.1, 0.15) is 28.8 Å². The van der Waals surface area contributed by atoms with Gasteiger partial charge in [-0.2, -0.15) is 0 Å². The largest absolute Gasteiger partial charge is 0.343 e. The summed E-state index contributed by atoms with van der Waals surface area (Å²) in [5, 5.41) is 3.49. The molecule has 1 aliphatic heterocycles. The second-order valence-corrected chi connectivity index (χ2v) is 7.91. The van der Waals surface area contributed by atoms with E-state index in [9.17, 15) is 9.59 Å². The number of likely N-dealkylation sites (tertiary alicyclic amines) is 1. The molecule has 1 aliphatic rings. The van der Waals surface area contributed by atoms with Crippen LogP contribution in [0.5, 0.6) is 0 Å². The molecule has 1 fully saturated rings. The van der Waals surface area contributed by atoms with E-state index in [0.717, 1.165) is 40.0 Å². The summed E-state index contributed by atoms with van der Waals surface area (Å²) >= 11 is 8.37. The van der Waals surface area contributed by atoms with Crippen LogP contribution in [0, 0.1) is 3.57 Å². The number of hydrogen-bond acceptors (Lipinski definition) is 2. The number of halogens is 2. The number of carbonyl (C=O) groups is 2. The van der Waals surface area contributed by atoms with Crippen molar-refractivity contribution in [3.63, 3.8) is 0 Å². The third kappa shape index (κ3) is 4.57. The first-order chi connectivity index (χ1) is 12.6. The average molecular weight is 483 g/mol. The Hall–Kier alpha value is -1.60. The first-order valence-corrected chi connectivity index (χ1v) is 10.1. The quantitative estimate of drug-likeness (QED) is 0.657. The summed E-state index contributed by atoms with van der Waals surface area (Å²) in [6, 6.07) is 15.2. The first kappa shape index (κ1) is 19.2. The van der Waals surface area contributed by atoms with E-state index in [2.05, 4.69) is 27.9 Å². The van der Waals surface area contributed by atoms with Crippen LogP contribution in [0.15, 0.2) is 48.5 Å². The molecule has 6 heteroatoms. The van der Waals surface area contributed by atoms with Crippen molar-refractivity contribution < 1.29 is 9.59 Å². The van der Waals surface area contributed by atoms with Crippen LogP contribution in [0.4, 0.5) is 0 Å². The molecule has 2 aromatic carbocycles. The van der Waals surface area contributed by atoms with Gasteiger partial charge in [-0.1, -0.05) is 41.9 Å². The lowest BCUT2D eigenvalue weighted by Gasteiger charge is -2.25. The number of hydrogen-bond donors (Lipinski definition) is 1. The van der Waals surface area contributed by atoms with Crippen molar-refractivity contribution >= 4 is 46.0 Å². The molecule has 3 rings (SSSR count). The zero-order chi connectivity index (χ0) is 18.5. The van der Waals surface area contributed by atoms with Crippen molar-refractivity contribution in [3.05, 3.63) is 68.3 Å². The maximum atomic E-state index is 12.6. The topological polar surface area (TPSA) is 49.4 Å². The number of nitrogens with zero attached hydrogens (tertiary/aromatic N) is 1. The maximum absolute atomic E-state index is 12.6. The van der Waals surface area contributed by atoms with E-state index in [0.29, 0.717) is 5.56 Å². The summed E-state index contributed by atoms with van der Waals surface area (Å²) in [7, 11) is 0. The van der Waals surface area contributed by atoms with Crippen LogP contribution in [0.3, 0.4) is 0 Å². The van der Waals surface area contributed by atoms with Crippen molar-refractivity contribution in [3.8, 4) is 0 Å². The molecule has 0 aliphatic carbocycles. The summed E-state index contributed by atoms with van der Waals surface area (Å²) in [6.07, 6.45) is 2.68. The minimum absolute atomic E-state index is 0.0167. The third-order valence-electron chi connectivity index (χ3n) is 4.63. The summed E-state index contributed by atoms with van der Waals surface area (Å²) < 4.78 is 0.868. The maximum Gasteiger partial charge on any atom is 0.252 e. The molecule has 26 heavy (non-hydrogen) atoms. The molecule has 1 unspecified atom stereocenters. The zero-order valence-corrected chi connectivity index (χ0v) is 17.2. The molecule has 1 saturated heterocycles. The lowest BCUT2D eigenvalue weighted by atomic mass is 10.0. The van der Waals surface area contributed by atoms with Crippen LogP contribution < -0.4 is 5.32 Å². The lowest BCUT2D eigenvalue weighted by Crippen LogP contribution is -2.43. The summed E-state index contributed by atoms with van der Waals surface area (Å²) in [6.45, 7) is 0.746. The van der Waals surface area contributed by atoms with E-state index in [1.165, 1.54) is 0 Å². The molecule has 0 bridgehead atoms. The van der Waals surface area contributed by atoms with Crippen LogP contribution in [-0.2, 0) is 11.2 Å². The van der Waals surface area contributed by atoms with Gasteiger partial charge in [0.25, 0.3) is 5.91 Å². The second-order valence-electron chi connectivity index (χ2n) is 6.34. The second kappa shape index (κ2) is 8.86. The predicted molar refractivity (Wildman–Crippen MR) is 111 cm³/mol. The van der Waals surface area contributed by atoms with E-state index >= 15 is 0 Å². The Kier molecular flexibility index (Phi) is 6.53. The van der Waals surface area contributed by atoms with Gasteiger partial charge < -0.3 is 10.2 Å². The van der Waals surface area contributed by atoms with Gasteiger partial charge in [0.15, 0.2) is 0 Å². The normalized spacial score (nSPS) is 16.5. The number of rotatable bonds is 5. The molecule has 2 amide bonds. The molecule has 4 nitrogen and oxygen atoms in total. The fraction of sp³-hybridized carbons (Fsp3) is 0.300. The van der Waals surface area contributed by atoms with Crippen molar-refractivity contribution in [2.24, 2.45) is 0 Å². The molecule has 0 radical (unpaired) electrons. The molecule has 1 heterocycles. The molecule has 2 aromatic rings. The Morgan fingerprint density at radius 2 is 1.88 bits per heavy atom.